The van der Waals surface area contributed by atoms with Gasteiger partial charge in [-0.15, -0.1) is 11.3 Å². The van der Waals surface area contributed by atoms with E-state index in [1.807, 2.05) is 24.9 Å². The molecular weight excluding hydrogens is 220 g/mol. The Kier molecular flexibility index (Phi) is 3.36. The molecule has 0 saturated carbocycles. The number of aryl methyl sites for hydroxylation is 2. The normalized spacial score (nSPS) is 10.9. The van der Waals surface area contributed by atoms with E-state index < -0.39 is 0 Å². The minimum absolute atomic E-state index is 0.840. The van der Waals surface area contributed by atoms with Gasteiger partial charge in [0.05, 0.1) is 17.0 Å². The number of rotatable bonds is 4. The lowest BCUT2D eigenvalue weighted by Crippen LogP contribution is -2.11. The van der Waals surface area contributed by atoms with Crippen molar-refractivity contribution in [1.29, 1.82) is 0 Å². The highest BCUT2D eigenvalue weighted by atomic mass is 32.1. The van der Waals surface area contributed by atoms with E-state index in [2.05, 4.69) is 27.7 Å². The average molecular weight is 236 g/mol. The van der Waals surface area contributed by atoms with Crippen LogP contribution in [0.25, 0.3) is 10.6 Å². The molecule has 2 rings (SSSR count). The molecule has 0 atom stereocenters. The van der Waals surface area contributed by atoms with Gasteiger partial charge < -0.3 is 5.32 Å². The zero-order chi connectivity index (χ0) is 11.5. The van der Waals surface area contributed by atoms with Crippen molar-refractivity contribution in [2.75, 3.05) is 6.54 Å². The van der Waals surface area contributed by atoms with Gasteiger partial charge in [0.2, 0.25) is 0 Å². The average Bonchev–Trinajstić information content (AvgIpc) is 2.82. The summed E-state index contributed by atoms with van der Waals surface area (Å²) < 4.78 is 1.83. The molecule has 0 aliphatic carbocycles. The third kappa shape index (κ3) is 2.31. The number of aromatic nitrogens is 3. The van der Waals surface area contributed by atoms with Gasteiger partial charge in [0.1, 0.15) is 5.01 Å². The van der Waals surface area contributed by atoms with E-state index in [1.165, 1.54) is 0 Å². The first-order chi connectivity index (χ1) is 7.70. The summed E-state index contributed by atoms with van der Waals surface area (Å²) in [5.74, 6) is 0. The van der Waals surface area contributed by atoms with E-state index in [0.29, 0.717) is 0 Å². The van der Waals surface area contributed by atoms with Crippen molar-refractivity contribution in [3.8, 4) is 10.6 Å². The van der Waals surface area contributed by atoms with Crippen LogP contribution in [0, 0.1) is 6.92 Å². The fraction of sp³-hybridized carbons (Fsp3) is 0.455. The molecule has 0 bridgehead atoms. The SMILES string of the molecule is CCNCc1csc(-c2cn(C)nc2C)n1. The molecular formula is C11H16N4S. The highest BCUT2D eigenvalue weighted by Gasteiger charge is 2.10. The smallest absolute Gasteiger partial charge is 0.127 e. The maximum Gasteiger partial charge on any atom is 0.127 e. The van der Waals surface area contributed by atoms with Crippen LogP contribution in [0.5, 0.6) is 0 Å². The molecule has 0 aliphatic rings. The van der Waals surface area contributed by atoms with Crippen LogP contribution in [0.15, 0.2) is 11.6 Å². The fourth-order valence-corrected chi connectivity index (χ4v) is 2.46. The minimum Gasteiger partial charge on any atom is -0.311 e. The summed E-state index contributed by atoms with van der Waals surface area (Å²) in [5, 5.41) is 10.8. The number of hydrogen-bond acceptors (Lipinski definition) is 4. The first-order valence-electron chi connectivity index (χ1n) is 5.36. The van der Waals surface area contributed by atoms with Crippen LogP contribution < -0.4 is 5.32 Å². The monoisotopic (exact) mass is 236 g/mol. The number of nitrogens with zero attached hydrogens (tertiary/aromatic N) is 3. The van der Waals surface area contributed by atoms with Gasteiger partial charge in [0.15, 0.2) is 0 Å². The van der Waals surface area contributed by atoms with Crippen molar-refractivity contribution in [3.63, 3.8) is 0 Å². The highest BCUT2D eigenvalue weighted by Crippen LogP contribution is 2.25. The molecule has 5 heteroatoms. The molecule has 0 radical (unpaired) electrons. The summed E-state index contributed by atoms with van der Waals surface area (Å²) in [6, 6.07) is 0. The molecule has 16 heavy (non-hydrogen) atoms. The van der Waals surface area contributed by atoms with Gasteiger partial charge >= 0.3 is 0 Å². The maximum atomic E-state index is 4.59. The van der Waals surface area contributed by atoms with Crippen LogP contribution in [0.3, 0.4) is 0 Å². The molecule has 0 aliphatic heterocycles. The summed E-state index contributed by atoms with van der Waals surface area (Å²) in [6.45, 7) is 5.92. The summed E-state index contributed by atoms with van der Waals surface area (Å²) >= 11 is 1.68. The molecule has 0 amide bonds. The van der Waals surface area contributed by atoms with Gasteiger partial charge in [0, 0.05) is 25.2 Å². The lowest BCUT2D eigenvalue weighted by molar-refractivity contribution is 0.715. The summed E-state index contributed by atoms with van der Waals surface area (Å²) in [7, 11) is 1.93. The van der Waals surface area contributed by atoms with E-state index in [-0.39, 0.29) is 0 Å². The van der Waals surface area contributed by atoms with Crippen LogP contribution in [0.4, 0.5) is 0 Å². The zero-order valence-electron chi connectivity index (χ0n) is 9.82. The van der Waals surface area contributed by atoms with Gasteiger partial charge in [-0.05, 0) is 13.5 Å². The van der Waals surface area contributed by atoms with E-state index in [9.17, 15) is 0 Å². The van der Waals surface area contributed by atoms with Crippen LogP contribution >= 0.6 is 11.3 Å². The van der Waals surface area contributed by atoms with Crippen molar-refractivity contribution in [2.24, 2.45) is 7.05 Å². The number of hydrogen-bond donors (Lipinski definition) is 1. The van der Waals surface area contributed by atoms with E-state index in [4.69, 9.17) is 0 Å². The second-order valence-electron chi connectivity index (χ2n) is 3.73. The Morgan fingerprint density at radius 2 is 2.31 bits per heavy atom. The maximum absolute atomic E-state index is 4.59. The van der Waals surface area contributed by atoms with Crippen LogP contribution in [-0.4, -0.2) is 21.3 Å². The van der Waals surface area contributed by atoms with Gasteiger partial charge in [-0.1, -0.05) is 6.92 Å². The fourth-order valence-electron chi connectivity index (χ4n) is 1.57. The quantitative estimate of drug-likeness (QED) is 0.882. The highest BCUT2D eigenvalue weighted by molar-refractivity contribution is 7.13. The third-order valence-electron chi connectivity index (χ3n) is 2.35. The Hall–Kier alpha value is -1.20. The largest absolute Gasteiger partial charge is 0.311 e. The molecule has 0 unspecified atom stereocenters. The molecule has 4 nitrogen and oxygen atoms in total. The Balaban J connectivity index is 2.21. The van der Waals surface area contributed by atoms with Crippen molar-refractivity contribution in [3.05, 3.63) is 23.0 Å². The van der Waals surface area contributed by atoms with Gasteiger partial charge in [-0.3, -0.25) is 4.68 Å². The van der Waals surface area contributed by atoms with Crippen molar-refractivity contribution >= 4 is 11.3 Å². The molecule has 0 fully saturated rings. The number of thiazole rings is 1. The minimum atomic E-state index is 0.840. The molecule has 86 valence electrons. The van der Waals surface area contributed by atoms with Crippen molar-refractivity contribution in [1.82, 2.24) is 20.1 Å². The topological polar surface area (TPSA) is 42.7 Å². The molecule has 2 aromatic rings. The molecule has 0 saturated heterocycles. The first-order valence-corrected chi connectivity index (χ1v) is 6.24. The standard InChI is InChI=1S/C11H16N4S/c1-4-12-5-9-7-16-11(13-9)10-6-15(3)14-8(10)2/h6-7,12H,4-5H2,1-3H3. The summed E-state index contributed by atoms with van der Waals surface area (Å²) in [6.07, 6.45) is 2.02. The summed E-state index contributed by atoms with van der Waals surface area (Å²) in [4.78, 5) is 4.59. The van der Waals surface area contributed by atoms with Crippen LogP contribution in [0.1, 0.15) is 18.3 Å². The Labute approximate surface area is 99.3 Å². The van der Waals surface area contributed by atoms with Crippen LogP contribution in [-0.2, 0) is 13.6 Å². The molecule has 2 aromatic heterocycles. The summed E-state index contributed by atoms with van der Waals surface area (Å²) in [5.41, 5.74) is 3.27. The second kappa shape index (κ2) is 4.76. The van der Waals surface area contributed by atoms with Gasteiger partial charge in [-0.25, -0.2) is 4.98 Å². The lowest BCUT2D eigenvalue weighted by Gasteiger charge is -1.95. The molecule has 2 heterocycles. The van der Waals surface area contributed by atoms with Crippen molar-refractivity contribution in [2.45, 2.75) is 20.4 Å². The molecule has 0 spiro atoms. The third-order valence-corrected chi connectivity index (χ3v) is 3.28. The first kappa shape index (κ1) is 11.3. The molecule has 1 N–H and O–H groups in total. The van der Waals surface area contributed by atoms with E-state index in [1.54, 1.807) is 11.3 Å². The second-order valence-corrected chi connectivity index (χ2v) is 4.58. The van der Waals surface area contributed by atoms with E-state index >= 15 is 0 Å². The predicted octanol–water partition coefficient (Wildman–Crippen LogP) is 1.96. The zero-order valence-corrected chi connectivity index (χ0v) is 10.6. The Morgan fingerprint density at radius 3 is 2.94 bits per heavy atom. The van der Waals surface area contributed by atoms with Crippen LogP contribution in [0.2, 0.25) is 0 Å². The van der Waals surface area contributed by atoms with Gasteiger partial charge in [-0.2, -0.15) is 5.10 Å². The lowest BCUT2D eigenvalue weighted by atomic mass is 10.3. The number of nitrogens with one attached hydrogen (secondary N) is 1. The van der Waals surface area contributed by atoms with E-state index in [0.717, 1.165) is 35.0 Å². The molecule has 0 aromatic carbocycles. The Bertz CT molecular complexity index is 472. The predicted molar refractivity (Wildman–Crippen MR) is 66.4 cm³/mol. The Morgan fingerprint density at radius 1 is 1.50 bits per heavy atom. The van der Waals surface area contributed by atoms with Crippen molar-refractivity contribution < 1.29 is 0 Å². The van der Waals surface area contributed by atoms with Gasteiger partial charge in [0.25, 0.3) is 0 Å².